The van der Waals surface area contributed by atoms with E-state index in [2.05, 4.69) is 12.6 Å². The van der Waals surface area contributed by atoms with Gasteiger partial charge < -0.3 is 10.2 Å². The molecular weight excluding hydrogens is 140 g/mol. The number of aromatic hydroxyl groups is 2. The Hall–Kier alpha value is -1.44. The maximum absolute atomic E-state index is 9.18. The first-order valence-electron chi connectivity index (χ1n) is 3.28. The van der Waals surface area contributed by atoms with Gasteiger partial charge in [-0.1, -0.05) is 6.08 Å². The van der Waals surface area contributed by atoms with Crippen LogP contribution in [0.3, 0.4) is 0 Å². The summed E-state index contributed by atoms with van der Waals surface area (Å²) in [5.74, 6) is 0.183. The van der Waals surface area contributed by atoms with Crippen molar-refractivity contribution in [3.8, 4) is 11.5 Å². The van der Waals surface area contributed by atoms with Gasteiger partial charge in [0.25, 0.3) is 0 Å². The zero-order chi connectivity index (χ0) is 8.27. The van der Waals surface area contributed by atoms with Gasteiger partial charge in [-0.2, -0.15) is 0 Å². The van der Waals surface area contributed by atoms with Gasteiger partial charge in [-0.05, 0) is 18.6 Å². The molecule has 0 aliphatic heterocycles. The molecule has 1 radical (unpaired) electrons. The van der Waals surface area contributed by atoms with Crippen LogP contribution in [0.2, 0.25) is 0 Å². The van der Waals surface area contributed by atoms with Crippen molar-refractivity contribution in [3.05, 3.63) is 36.4 Å². The van der Waals surface area contributed by atoms with Gasteiger partial charge in [-0.3, -0.25) is 0 Å². The van der Waals surface area contributed by atoms with Gasteiger partial charge in [-0.25, -0.2) is 0 Å². The Morgan fingerprint density at radius 3 is 2.82 bits per heavy atom. The molecule has 0 unspecified atom stereocenters. The average Bonchev–Trinajstić information content (AvgIpc) is 1.98. The van der Waals surface area contributed by atoms with Gasteiger partial charge in [-0.15, -0.1) is 6.58 Å². The fourth-order valence-corrected chi connectivity index (χ4v) is 0.819. The molecule has 2 N–H and O–H groups in total. The molecule has 0 bridgehead atoms. The summed E-state index contributed by atoms with van der Waals surface area (Å²) < 4.78 is 0. The smallest absolute Gasteiger partial charge is 0.124 e. The summed E-state index contributed by atoms with van der Waals surface area (Å²) >= 11 is 0. The van der Waals surface area contributed by atoms with Crippen molar-refractivity contribution in [2.24, 2.45) is 0 Å². The van der Waals surface area contributed by atoms with Crippen LogP contribution in [0.5, 0.6) is 11.5 Å². The van der Waals surface area contributed by atoms with E-state index >= 15 is 0 Å². The highest BCUT2D eigenvalue weighted by atomic mass is 16.3. The van der Waals surface area contributed by atoms with Gasteiger partial charge in [0.15, 0.2) is 0 Å². The second kappa shape index (κ2) is 3.10. The van der Waals surface area contributed by atoms with Crippen LogP contribution in [0.4, 0.5) is 0 Å². The van der Waals surface area contributed by atoms with Crippen LogP contribution in [-0.4, -0.2) is 10.2 Å². The number of hydrogen-bond donors (Lipinski definition) is 2. The minimum absolute atomic E-state index is 0.0413. The molecule has 1 aromatic carbocycles. The Balaban J connectivity index is 3.01. The summed E-state index contributed by atoms with van der Waals surface area (Å²) in [6.07, 6.45) is 2.16. The van der Waals surface area contributed by atoms with Crippen molar-refractivity contribution in [2.75, 3.05) is 0 Å². The van der Waals surface area contributed by atoms with Gasteiger partial charge >= 0.3 is 0 Å². The third kappa shape index (κ3) is 1.74. The minimum atomic E-state index is 0.0413. The van der Waals surface area contributed by atoms with Crippen LogP contribution in [0.1, 0.15) is 5.56 Å². The standard InChI is InChI=1S/C9H9O2/c1-2-3-7-6-8(10)4-5-9(7)11/h2,4-5,10-11H,1,3H2. The number of rotatable bonds is 2. The largest absolute Gasteiger partial charge is 0.508 e. The molecule has 11 heavy (non-hydrogen) atoms. The first-order valence-corrected chi connectivity index (χ1v) is 3.28. The number of phenols is 2. The van der Waals surface area contributed by atoms with E-state index in [1.165, 1.54) is 12.1 Å². The van der Waals surface area contributed by atoms with Crippen molar-refractivity contribution in [2.45, 2.75) is 6.42 Å². The summed E-state index contributed by atoms with van der Waals surface area (Å²) in [5, 5.41) is 18.1. The highest BCUT2D eigenvalue weighted by molar-refractivity contribution is 5.38. The van der Waals surface area contributed by atoms with Crippen LogP contribution >= 0.6 is 0 Å². The predicted octanol–water partition coefficient (Wildman–Crippen LogP) is 1.63. The maximum Gasteiger partial charge on any atom is 0.124 e. The third-order valence-electron chi connectivity index (χ3n) is 1.34. The van der Waals surface area contributed by atoms with Crippen LogP contribution in [0, 0.1) is 6.07 Å². The topological polar surface area (TPSA) is 40.5 Å². The fraction of sp³-hybridized carbons (Fsp3) is 0.111. The molecule has 2 heteroatoms. The molecule has 0 aromatic heterocycles. The summed E-state index contributed by atoms with van der Waals surface area (Å²) in [5.41, 5.74) is 0.569. The highest BCUT2D eigenvalue weighted by Crippen LogP contribution is 2.21. The lowest BCUT2D eigenvalue weighted by Crippen LogP contribution is -1.81. The van der Waals surface area contributed by atoms with E-state index in [0.29, 0.717) is 12.0 Å². The van der Waals surface area contributed by atoms with Gasteiger partial charge in [0.1, 0.15) is 11.5 Å². The number of allylic oxidation sites excluding steroid dienone is 1. The van der Waals surface area contributed by atoms with Crippen LogP contribution in [-0.2, 0) is 6.42 Å². The molecule has 1 rings (SSSR count). The Kier molecular flexibility index (Phi) is 2.16. The summed E-state index contributed by atoms with van der Waals surface area (Å²) in [7, 11) is 0. The highest BCUT2D eigenvalue weighted by Gasteiger charge is 1.99. The SMILES string of the molecule is C=CCc1[c]c(O)ccc1O. The van der Waals surface area contributed by atoms with Crippen molar-refractivity contribution in [1.82, 2.24) is 0 Å². The van der Waals surface area contributed by atoms with Crippen molar-refractivity contribution < 1.29 is 10.2 Å². The molecule has 2 nitrogen and oxygen atoms in total. The molecule has 0 atom stereocenters. The Labute approximate surface area is 65.4 Å². The predicted molar refractivity (Wildman–Crippen MR) is 42.5 cm³/mol. The molecule has 57 valence electrons. The van der Waals surface area contributed by atoms with Crippen molar-refractivity contribution >= 4 is 0 Å². The number of benzene rings is 1. The summed E-state index contributed by atoms with van der Waals surface area (Å²) in [4.78, 5) is 0. The molecule has 0 aliphatic carbocycles. The fourth-order valence-electron chi connectivity index (χ4n) is 0.819. The lowest BCUT2D eigenvalue weighted by atomic mass is 10.1. The molecule has 0 saturated carbocycles. The molecule has 0 fully saturated rings. The molecular formula is C9H9O2. The molecule has 0 aliphatic rings. The second-order valence-electron chi connectivity index (χ2n) is 2.20. The van der Waals surface area contributed by atoms with E-state index in [4.69, 9.17) is 5.11 Å². The number of phenolic OH excluding ortho intramolecular Hbond substituents is 2. The van der Waals surface area contributed by atoms with E-state index in [1.807, 2.05) is 0 Å². The third-order valence-corrected chi connectivity index (χ3v) is 1.34. The molecule has 1 aromatic rings. The monoisotopic (exact) mass is 149 g/mol. The lowest BCUT2D eigenvalue weighted by molar-refractivity contribution is 0.454. The van der Waals surface area contributed by atoms with Crippen LogP contribution in [0.25, 0.3) is 0 Å². The van der Waals surface area contributed by atoms with Crippen molar-refractivity contribution in [3.63, 3.8) is 0 Å². The van der Waals surface area contributed by atoms with E-state index in [1.54, 1.807) is 6.08 Å². The van der Waals surface area contributed by atoms with Gasteiger partial charge in [0, 0.05) is 11.6 Å². The van der Waals surface area contributed by atoms with E-state index in [9.17, 15) is 5.11 Å². The lowest BCUT2D eigenvalue weighted by Gasteiger charge is -1.99. The zero-order valence-corrected chi connectivity index (χ0v) is 6.04. The quantitative estimate of drug-likeness (QED) is 0.495. The van der Waals surface area contributed by atoms with E-state index < -0.39 is 0 Å². The first kappa shape index (κ1) is 7.66. The maximum atomic E-state index is 9.18. The zero-order valence-electron chi connectivity index (χ0n) is 6.04. The van der Waals surface area contributed by atoms with Gasteiger partial charge in [0.2, 0.25) is 0 Å². The Morgan fingerprint density at radius 2 is 2.18 bits per heavy atom. The average molecular weight is 149 g/mol. The molecule has 0 heterocycles. The number of hydrogen-bond acceptors (Lipinski definition) is 2. The molecule has 0 spiro atoms. The normalized spacial score (nSPS) is 9.45. The van der Waals surface area contributed by atoms with Crippen LogP contribution < -0.4 is 0 Å². The minimum Gasteiger partial charge on any atom is -0.508 e. The van der Waals surface area contributed by atoms with Gasteiger partial charge in [0.05, 0.1) is 0 Å². The Morgan fingerprint density at radius 1 is 1.45 bits per heavy atom. The van der Waals surface area contributed by atoms with E-state index in [0.717, 1.165) is 0 Å². The van der Waals surface area contributed by atoms with Crippen LogP contribution in [0.15, 0.2) is 24.8 Å². The molecule has 0 saturated heterocycles. The summed E-state index contributed by atoms with van der Waals surface area (Å²) in [6, 6.07) is 5.44. The first-order chi connectivity index (χ1) is 5.24. The van der Waals surface area contributed by atoms with Crippen molar-refractivity contribution in [1.29, 1.82) is 0 Å². The van der Waals surface area contributed by atoms with E-state index in [-0.39, 0.29) is 11.5 Å². The Bertz CT molecular complexity index is 266. The molecule has 0 amide bonds. The second-order valence-corrected chi connectivity index (χ2v) is 2.20. The summed E-state index contributed by atoms with van der Waals surface area (Å²) in [6.45, 7) is 3.51.